The van der Waals surface area contributed by atoms with Gasteiger partial charge in [0.25, 0.3) is 0 Å². The van der Waals surface area contributed by atoms with Crippen molar-refractivity contribution < 1.29 is 0 Å². The van der Waals surface area contributed by atoms with Crippen LogP contribution in [0.15, 0.2) is 24.3 Å². The number of hydrogen-bond acceptors (Lipinski definition) is 1. The SMILES string of the molecule is CCNC(CCc1ccc(CC)cc1)CC(C)C. The highest BCUT2D eigenvalue weighted by atomic mass is 14.9. The van der Waals surface area contributed by atoms with E-state index in [4.69, 9.17) is 0 Å². The Morgan fingerprint density at radius 2 is 1.61 bits per heavy atom. The van der Waals surface area contributed by atoms with E-state index in [1.165, 1.54) is 30.4 Å². The highest BCUT2D eigenvalue weighted by molar-refractivity contribution is 5.22. The predicted octanol–water partition coefficient (Wildman–Crippen LogP) is 4.21. The first-order chi connectivity index (χ1) is 8.65. The molecule has 1 rings (SSSR count). The standard InChI is InChI=1S/C17H29N/c1-5-15-7-9-16(10-8-15)11-12-17(18-6-2)13-14(3)4/h7-10,14,17-18H,5-6,11-13H2,1-4H3. The molecule has 102 valence electrons. The fourth-order valence-electron chi connectivity index (χ4n) is 2.44. The molecular formula is C17H29N. The van der Waals surface area contributed by atoms with Crippen molar-refractivity contribution >= 4 is 0 Å². The second kappa shape index (κ2) is 8.31. The first-order valence-corrected chi connectivity index (χ1v) is 7.46. The molecule has 0 aromatic heterocycles. The van der Waals surface area contributed by atoms with E-state index in [9.17, 15) is 0 Å². The van der Waals surface area contributed by atoms with E-state index >= 15 is 0 Å². The summed E-state index contributed by atoms with van der Waals surface area (Å²) in [6, 6.07) is 9.77. The molecule has 0 radical (unpaired) electrons. The van der Waals surface area contributed by atoms with E-state index in [1.54, 1.807) is 0 Å². The van der Waals surface area contributed by atoms with Crippen LogP contribution in [0.1, 0.15) is 51.7 Å². The van der Waals surface area contributed by atoms with Crippen LogP contribution in [-0.2, 0) is 12.8 Å². The molecule has 1 heteroatoms. The zero-order chi connectivity index (χ0) is 13.4. The molecule has 0 aliphatic heterocycles. The lowest BCUT2D eigenvalue weighted by molar-refractivity contribution is 0.405. The van der Waals surface area contributed by atoms with Gasteiger partial charge in [-0.05, 0) is 49.3 Å². The third-order valence-corrected chi connectivity index (χ3v) is 3.46. The minimum Gasteiger partial charge on any atom is -0.314 e. The molecule has 0 heterocycles. The first-order valence-electron chi connectivity index (χ1n) is 7.46. The quantitative estimate of drug-likeness (QED) is 0.726. The van der Waals surface area contributed by atoms with Gasteiger partial charge in [-0.15, -0.1) is 0 Å². The Labute approximate surface area is 113 Å². The zero-order valence-corrected chi connectivity index (χ0v) is 12.5. The highest BCUT2D eigenvalue weighted by Crippen LogP contribution is 2.13. The minimum absolute atomic E-state index is 0.667. The summed E-state index contributed by atoms with van der Waals surface area (Å²) >= 11 is 0. The monoisotopic (exact) mass is 247 g/mol. The highest BCUT2D eigenvalue weighted by Gasteiger charge is 2.09. The van der Waals surface area contributed by atoms with E-state index in [2.05, 4.69) is 57.3 Å². The van der Waals surface area contributed by atoms with Crippen LogP contribution in [0.3, 0.4) is 0 Å². The number of hydrogen-bond donors (Lipinski definition) is 1. The summed E-state index contributed by atoms with van der Waals surface area (Å²) in [7, 11) is 0. The minimum atomic E-state index is 0.667. The summed E-state index contributed by atoms with van der Waals surface area (Å²) in [6.07, 6.45) is 4.85. The maximum Gasteiger partial charge on any atom is 0.00725 e. The van der Waals surface area contributed by atoms with Crippen LogP contribution in [-0.4, -0.2) is 12.6 Å². The van der Waals surface area contributed by atoms with Crippen molar-refractivity contribution in [3.05, 3.63) is 35.4 Å². The molecule has 1 aromatic rings. The Balaban J connectivity index is 2.44. The van der Waals surface area contributed by atoms with Gasteiger partial charge in [-0.3, -0.25) is 0 Å². The molecule has 1 atom stereocenters. The fraction of sp³-hybridized carbons (Fsp3) is 0.647. The third-order valence-electron chi connectivity index (χ3n) is 3.46. The summed E-state index contributed by atoms with van der Waals surface area (Å²) in [5.74, 6) is 0.775. The van der Waals surface area contributed by atoms with Crippen molar-refractivity contribution in [2.24, 2.45) is 5.92 Å². The molecule has 0 saturated carbocycles. The lowest BCUT2D eigenvalue weighted by atomic mass is 9.97. The lowest BCUT2D eigenvalue weighted by Crippen LogP contribution is -2.30. The lowest BCUT2D eigenvalue weighted by Gasteiger charge is -2.20. The Kier molecular flexibility index (Phi) is 7.04. The summed E-state index contributed by atoms with van der Waals surface area (Å²) in [5.41, 5.74) is 2.91. The molecule has 0 spiro atoms. The van der Waals surface area contributed by atoms with Gasteiger partial charge in [-0.1, -0.05) is 52.0 Å². The average molecular weight is 247 g/mol. The number of benzene rings is 1. The number of aryl methyl sites for hydroxylation is 2. The van der Waals surface area contributed by atoms with Gasteiger partial charge in [0.1, 0.15) is 0 Å². The zero-order valence-electron chi connectivity index (χ0n) is 12.5. The molecule has 0 saturated heterocycles. The molecule has 0 aliphatic rings. The molecule has 1 N–H and O–H groups in total. The molecule has 1 aromatic carbocycles. The van der Waals surface area contributed by atoms with Crippen molar-refractivity contribution in [1.82, 2.24) is 5.32 Å². The van der Waals surface area contributed by atoms with Gasteiger partial charge in [0.2, 0.25) is 0 Å². The van der Waals surface area contributed by atoms with Crippen molar-refractivity contribution in [3.63, 3.8) is 0 Å². The summed E-state index contributed by atoms with van der Waals surface area (Å²) in [5, 5.41) is 3.61. The van der Waals surface area contributed by atoms with Crippen LogP contribution in [0.2, 0.25) is 0 Å². The molecule has 0 amide bonds. The smallest absolute Gasteiger partial charge is 0.00725 e. The van der Waals surface area contributed by atoms with Crippen LogP contribution in [0.4, 0.5) is 0 Å². The van der Waals surface area contributed by atoms with E-state index in [1.807, 2.05) is 0 Å². The van der Waals surface area contributed by atoms with Crippen LogP contribution in [0, 0.1) is 5.92 Å². The Hall–Kier alpha value is -0.820. The van der Waals surface area contributed by atoms with Gasteiger partial charge in [-0.2, -0.15) is 0 Å². The van der Waals surface area contributed by atoms with Crippen LogP contribution in [0.5, 0.6) is 0 Å². The Bertz CT molecular complexity index is 313. The van der Waals surface area contributed by atoms with Crippen LogP contribution >= 0.6 is 0 Å². The van der Waals surface area contributed by atoms with Crippen LogP contribution < -0.4 is 5.32 Å². The topological polar surface area (TPSA) is 12.0 Å². The van der Waals surface area contributed by atoms with E-state index in [0.29, 0.717) is 6.04 Å². The fourth-order valence-corrected chi connectivity index (χ4v) is 2.44. The Morgan fingerprint density at radius 1 is 1.00 bits per heavy atom. The van der Waals surface area contributed by atoms with E-state index in [-0.39, 0.29) is 0 Å². The second-order valence-corrected chi connectivity index (χ2v) is 5.59. The summed E-state index contributed by atoms with van der Waals surface area (Å²) < 4.78 is 0. The molecule has 1 nitrogen and oxygen atoms in total. The van der Waals surface area contributed by atoms with Gasteiger partial charge in [-0.25, -0.2) is 0 Å². The average Bonchev–Trinajstić information content (AvgIpc) is 2.36. The van der Waals surface area contributed by atoms with Crippen molar-refractivity contribution in [2.75, 3.05) is 6.54 Å². The first kappa shape index (κ1) is 15.2. The van der Waals surface area contributed by atoms with Crippen molar-refractivity contribution in [2.45, 2.75) is 59.4 Å². The molecule has 1 unspecified atom stereocenters. The second-order valence-electron chi connectivity index (χ2n) is 5.59. The maximum absolute atomic E-state index is 3.61. The van der Waals surface area contributed by atoms with E-state index in [0.717, 1.165) is 18.9 Å². The van der Waals surface area contributed by atoms with E-state index < -0.39 is 0 Å². The molecular weight excluding hydrogens is 218 g/mol. The number of nitrogens with one attached hydrogen (secondary N) is 1. The maximum atomic E-state index is 3.61. The molecule has 18 heavy (non-hydrogen) atoms. The molecule has 0 bridgehead atoms. The molecule has 0 aliphatic carbocycles. The Morgan fingerprint density at radius 3 is 2.11 bits per heavy atom. The largest absolute Gasteiger partial charge is 0.314 e. The summed E-state index contributed by atoms with van der Waals surface area (Å²) in [4.78, 5) is 0. The molecule has 0 fully saturated rings. The van der Waals surface area contributed by atoms with Gasteiger partial charge < -0.3 is 5.32 Å². The predicted molar refractivity (Wildman–Crippen MR) is 81.1 cm³/mol. The third kappa shape index (κ3) is 5.68. The van der Waals surface area contributed by atoms with Gasteiger partial charge in [0.15, 0.2) is 0 Å². The normalized spacial score (nSPS) is 12.9. The van der Waals surface area contributed by atoms with Crippen molar-refractivity contribution in [3.8, 4) is 0 Å². The van der Waals surface area contributed by atoms with Crippen LogP contribution in [0.25, 0.3) is 0 Å². The van der Waals surface area contributed by atoms with Gasteiger partial charge >= 0.3 is 0 Å². The van der Waals surface area contributed by atoms with Gasteiger partial charge in [0.05, 0.1) is 0 Å². The van der Waals surface area contributed by atoms with Gasteiger partial charge in [0, 0.05) is 6.04 Å². The number of rotatable bonds is 8. The summed E-state index contributed by atoms with van der Waals surface area (Å²) in [6.45, 7) is 10.1. The van der Waals surface area contributed by atoms with Crippen molar-refractivity contribution in [1.29, 1.82) is 0 Å².